The first-order valence-corrected chi connectivity index (χ1v) is 7.86. The van der Waals surface area contributed by atoms with Gasteiger partial charge in [0.15, 0.2) is 5.96 Å². The van der Waals surface area contributed by atoms with Gasteiger partial charge in [0, 0.05) is 32.2 Å². The summed E-state index contributed by atoms with van der Waals surface area (Å²) in [6.45, 7) is 3.86. The number of rotatable bonds is 4. The van der Waals surface area contributed by atoms with Crippen molar-refractivity contribution < 1.29 is 4.74 Å². The fourth-order valence-corrected chi connectivity index (χ4v) is 3.04. The highest BCUT2D eigenvalue weighted by molar-refractivity contribution is 14.0. The third-order valence-electron chi connectivity index (χ3n) is 4.49. The molecule has 3 atom stereocenters. The summed E-state index contributed by atoms with van der Waals surface area (Å²) in [7, 11) is 1.83. The van der Waals surface area contributed by atoms with Crippen LogP contribution < -0.4 is 10.6 Å². The van der Waals surface area contributed by atoms with Gasteiger partial charge in [-0.25, -0.2) is 0 Å². The number of nitrogens with zero attached hydrogens (tertiary/aromatic N) is 1. The predicted octanol–water partition coefficient (Wildman–Crippen LogP) is 2.89. The quantitative estimate of drug-likeness (QED) is 0.452. The Bertz CT molecular complexity index is 500. The van der Waals surface area contributed by atoms with E-state index < -0.39 is 0 Å². The molecule has 0 bridgehead atoms. The Hall–Kier alpha value is -0.820. The highest BCUT2D eigenvalue weighted by Gasteiger charge is 2.39. The van der Waals surface area contributed by atoms with Gasteiger partial charge in [-0.05, 0) is 31.7 Å². The van der Waals surface area contributed by atoms with Crippen molar-refractivity contribution in [2.75, 3.05) is 20.2 Å². The summed E-state index contributed by atoms with van der Waals surface area (Å²) in [4.78, 5) is 4.33. The second-order valence-corrected chi connectivity index (χ2v) is 6.33. The van der Waals surface area contributed by atoms with Crippen molar-refractivity contribution in [1.29, 1.82) is 0 Å². The number of halogens is 1. The predicted molar refractivity (Wildman–Crippen MR) is 101 cm³/mol. The smallest absolute Gasteiger partial charge is 0.191 e. The molecular formula is C17H26IN3O. The maximum atomic E-state index is 5.80. The standard InChI is InChI=1S/C17H25N3O.HI/c1-17(9-6-10-21-17)12-19-16(18-2)20-15-11-14(15)13-7-4-3-5-8-13;/h3-5,7-8,14-15H,6,9-12H2,1-2H3,(H2,18,19,20);1H. The molecule has 22 heavy (non-hydrogen) atoms. The van der Waals surface area contributed by atoms with E-state index >= 15 is 0 Å². The van der Waals surface area contributed by atoms with E-state index in [1.807, 2.05) is 7.05 Å². The second kappa shape index (κ2) is 7.64. The van der Waals surface area contributed by atoms with Gasteiger partial charge in [-0.1, -0.05) is 30.3 Å². The van der Waals surface area contributed by atoms with Crippen LogP contribution in [0.3, 0.4) is 0 Å². The normalized spacial score (nSPS) is 30.5. The Morgan fingerprint density at radius 1 is 1.36 bits per heavy atom. The number of aliphatic imine (C=N–C) groups is 1. The molecule has 0 aromatic heterocycles. The minimum atomic E-state index is -0.0417. The summed E-state index contributed by atoms with van der Waals surface area (Å²) in [5, 5.41) is 6.92. The molecule has 0 amide bonds. The van der Waals surface area contributed by atoms with Gasteiger partial charge in [0.2, 0.25) is 0 Å². The van der Waals surface area contributed by atoms with Gasteiger partial charge < -0.3 is 15.4 Å². The van der Waals surface area contributed by atoms with Gasteiger partial charge in [0.1, 0.15) is 0 Å². The van der Waals surface area contributed by atoms with Crippen LogP contribution >= 0.6 is 24.0 Å². The zero-order valence-corrected chi connectivity index (χ0v) is 15.7. The molecule has 3 rings (SSSR count). The molecule has 2 N–H and O–H groups in total. The van der Waals surface area contributed by atoms with E-state index in [1.54, 1.807) is 0 Å². The topological polar surface area (TPSA) is 45.7 Å². The zero-order valence-electron chi connectivity index (χ0n) is 13.3. The Balaban J connectivity index is 0.00000176. The average Bonchev–Trinajstić information content (AvgIpc) is 3.16. The van der Waals surface area contributed by atoms with Crippen molar-refractivity contribution in [3.05, 3.63) is 35.9 Å². The lowest BCUT2D eigenvalue weighted by Gasteiger charge is -2.24. The minimum absolute atomic E-state index is 0. The van der Waals surface area contributed by atoms with Crippen LogP contribution in [0.4, 0.5) is 0 Å². The first-order chi connectivity index (χ1) is 10.2. The zero-order chi connectivity index (χ0) is 14.7. The number of hydrogen-bond donors (Lipinski definition) is 2. The third kappa shape index (κ3) is 4.35. The minimum Gasteiger partial charge on any atom is -0.373 e. The SMILES string of the molecule is CN=C(NCC1(C)CCCO1)NC1CC1c1ccccc1.I. The highest BCUT2D eigenvalue weighted by Crippen LogP contribution is 2.40. The van der Waals surface area contributed by atoms with Crippen LogP contribution in [0.15, 0.2) is 35.3 Å². The van der Waals surface area contributed by atoms with E-state index in [2.05, 4.69) is 52.9 Å². The molecule has 3 unspecified atom stereocenters. The fourth-order valence-electron chi connectivity index (χ4n) is 3.04. The maximum Gasteiger partial charge on any atom is 0.191 e. The largest absolute Gasteiger partial charge is 0.373 e. The molecule has 2 fully saturated rings. The van der Waals surface area contributed by atoms with Gasteiger partial charge in [-0.2, -0.15) is 0 Å². The first-order valence-electron chi connectivity index (χ1n) is 7.86. The van der Waals surface area contributed by atoms with Crippen molar-refractivity contribution in [1.82, 2.24) is 10.6 Å². The first kappa shape index (κ1) is 17.5. The summed E-state index contributed by atoms with van der Waals surface area (Å²) in [5.41, 5.74) is 1.37. The Kier molecular flexibility index (Phi) is 6.09. The van der Waals surface area contributed by atoms with Crippen molar-refractivity contribution >= 4 is 29.9 Å². The molecule has 1 aliphatic carbocycles. The summed E-state index contributed by atoms with van der Waals surface area (Å²) >= 11 is 0. The average molecular weight is 415 g/mol. The number of benzene rings is 1. The Labute approximate surface area is 150 Å². The van der Waals surface area contributed by atoms with Crippen molar-refractivity contribution in [2.45, 2.75) is 43.7 Å². The van der Waals surface area contributed by atoms with Gasteiger partial charge in [-0.3, -0.25) is 4.99 Å². The van der Waals surface area contributed by atoms with E-state index in [9.17, 15) is 0 Å². The van der Waals surface area contributed by atoms with Crippen molar-refractivity contribution in [3.63, 3.8) is 0 Å². The lowest BCUT2D eigenvalue weighted by molar-refractivity contribution is 0.0243. The van der Waals surface area contributed by atoms with Crippen LogP contribution in [0, 0.1) is 0 Å². The lowest BCUT2D eigenvalue weighted by atomic mass is 10.0. The lowest BCUT2D eigenvalue weighted by Crippen LogP contribution is -2.46. The van der Waals surface area contributed by atoms with Crippen LogP contribution in [0.25, 0.3) is 0 Å². The molecule has 1 aromatic rings. The molecule has 0 spiro atoms. The van der Waals surface area contributed by atoms with E-state index in [-0.39, 0.29) is 29.6 Å². The van der Waals surface area contributed by atoms with Crippen molar-refractivity contribution in [2.24, 2.45) is 4.99 Å². The summed E-state index contributed by atoms with van der Waals surface area (Å²) in [5.74, 6) is 1.50. The number of nitrogens with one attached hydrogen (secondary N) is 2. The van der Waals surface area contributed by atoms with Crippen LogP contribution in [-0.2, 0) is 4.74 Å². The molecule has 0 radical (unpaired) electrons. The number of guanidine groups is 1. The second-order valence-electron chi connectivity index (χ2n) is 6.33. The highest BCUT2D eigenvalue weighted by atomic mass is 127. The molecule has 1 aromatic carbocycles. The fraction of sp³-hybridized carbons (Fsp3) is 0.588. The summed E-state index contributed by atoms with van der Waals surface area (Å²) in [6.07, 6.45) is 3.45. The number of ether oxygens (including phenoxy) is 1. The Morgan fingerprint density at radius 2 is 2.14 bits per heavy atom. The molecule has 122 valence electrons. The molecule has 1 saturated carbocycles. The maximum absolute atomic E-state index is 5.80. The van der Waals surface area contributed by atoms with Crippen LogP contribution in [-0.4, -0.2) is 37.8 Å². The molecule has 1 heterocycles. The summed E-state index contributed by atoms with van der Waals surface area (Å²) in [6, 6.07) is 11.2. The van der Waals surface area contributed by atoms with E-state index in [0.29, 0.717) is 12.0 Å². The molecule has 1 aliphatic heterocycles. The molecule has 1 saturated heterocycles. The summed E-state index contributed by atoms with van der Waals surface area (Å²) < 4.78 is 5.80. The van der Waals surface area contributed by atoms with E-state index in [4.69, 9.17) is 4.74 Å². The molecule has 5 heteroatoms. The van der Waals surface area contributed by atoms with E-state index in [1.165, 1.54) is 12.0 Å². The van der Waals surface area contributed by atoms with Crippen LogP contribution in [0.5, 0.6) is 0 Å². The van der Waals surface area contributed by atoms with Gasteiger partial charge in [0.05, 0.1) is 5.60 Å². The van der Waals surface area contributed by atoms with Gasteiger partial charge >= 0.3 is 0 Å². The van der Waals surface area contributed by atoms with Crippen LogP contribution in [0.2, 0.25) is 0 Å². The Morgan fingerprint density at radius 3 is 2.77 bits per heavy atom. The van der Waals surface area contributed by atoms with Gasteiger partial charge in [0.25, 0.3) is 0 Å². The van der Waals surface area contributed by atoms with Crippen LogP contribution in [0.1, 0.15) is 37.7 Å². The molecule has 2 aliphatic rings. The van der Waals surface area contributed by atoms with E-state index in [0.717, 1.165) is 32.0 Å². The third-order valence-corrected chi connectivity index (χ3v) is 4.49. The number of hydrogen-bond acceptors (Lipinski definition) is 2. The molecular weight excluding hydrogens is 389 g/mol. The van der Waals surface area contributed by atoms with Gasteiger partial charge in [-0.15, -0.1) is 24.0 Å². The monoisotopic (exact) mass is 415 g/mol. The molecule has 4 nitrogen and oxygen atoms in total. The van der Waals surface area contributed by atoms with Crippen molar-refractivity contribution in [3.8, 4) is 0 Å².